The van der Waals surface area contributed by atoms with Gasteiger partial charge in [-0.25, -0.2) is 4.79 Å². The van der Waals surface area contributed by atoms with Gasteiger partial charge in [-0.05, 0) is 17.2 Å². The van der Waals surface area contributed by atoms with Gasteiger partial charge in [0.15, 0.2) is 11.8 Å². The zero-order valence-electron chi connectivity index (χ0n) is 21.1. The van der Waals surface area contributed by atoms with Crippen LogP contribution >= 0.6 is 15.9 Å². The topological polar surface area (TPSA) is 136 Å². The van der Waals surface area contributed by atoms with E-state index in [1.165, 1.54) is 11.0 Å². The van der Waals surface area contributed by atoms with Crippen LogP contribution in [0, 0.1) is 10.1 Å². The van der Waals surface area contributed by atoms with E-state index in [9.17, 15) is 29.3 Å². The normalized spacial score (nSPS) is 19.5. The summed E-state index contributed by atoms with van der Waals surface area (Å²) >= 11 is 3.30. The highest BCUT2D eigenvalue weighted by Gasteiger charge is 2.60. The maximum absolute atomic E-state index is 13.7. The van der Waals surface area contributed by atoms with Crippen LogP contribution in [0.3, 0.4) is 0 Å². The molecule has 206 valence electrons. The first-order valence-electron chi connectivity index (χ1n) is 12.5. The van der Waals surface area contributed by atoms with Gasteiger partial charge in [-0.1, -0.05) is 76.6 Å². The number of nitro groups is 1. The van der Waals surface area contributed by atoms with Crippen LogP contribution in [-0.4, -0.2) is 62.4 Å². The highest BCUT2D eigenvalue weighted by atomic mass is 79.9. The average molecular weight is 618 g/mol. The van der Waals surface area contributed by atoms with E-state index < -0.39 is 46.8 Å². The van der Waals surface area contributed by atoms with Crippen molar-refractivity contribution in [2.75, 3.05) is 11.9 Å². The first kappa shape index (κ1) is 26.4. The molecule has 1 saturated heterocycles. The Balaban J connectivity index is 1.29. The summed E-state index contributed by atoms with van der Waals surface area (Å²) < 4.78 is 11.8. The number of ether oxygens (including phenoxy) is 2. The Morgan fingerprint density at radius 2 is 1.56 bits per heavy atom. The van der Waals surface area contributed by atoms with Gasteiger partial charge in [0, 0.05) is 12.1 Å². The van der Waals surface area contributed by atoms with Crippen LogP contribution < -0.4 is 0 Å². The second-order valence-electron chi connectivity index (χ2n) is 9.51. The predicted octanol–water partition coefficient (Wildman–Crippen LogP) is 3.74. The van der Waals surface area contributed by atoms with Crippen LogP contribution in [0.25, 0.3) is 0 Å². The molecule has 3 aliphatic rings. The number of rotatable bonds is 7. The minimum Gasteiger partial charge on any atom is -0.492 e. The number of esters is 1. The first-order chi connectivity index (χ1) is 19.8. The van der Waals surface area contributed by atoms with E-state index >= 15 is 0 Å². The highest BCUT2D eigenvalue weighted by molar-refractivity contribution is 9.09. The van der Waals surface area contributed by atoms with Gasteiger partial charge < -0.3 is 9.47 Å². The van der Waals surface area contributed by atoms with Gasteiger partial charge in [0.1, 0.15) is 24.4 Å². The number of hydrogen-bond donors (Lipinski definition) is 0. The second kappa shape index (κ2) is 10.3. The number of carbonyl (C=O) groups is 4. The number of alkyl halides is 1. The Bertz CT molecular complexity index is 1600. The van der Waals surface area contributed by atoms with Crippen molar-refractivity contribution in [1.82, 2.24) is 9.80 Å². The molecule has 3 amide bonds. The molecule has 0 aliphatic carbocycles. The summed E-state index contributed by atoms with van der Waals surface area (Å²) in [5.74, 6) is -2.86. The Hall–Kier alpha value is -4.84. The largest absolute Gasteiger partial charge is 0.492 e. The van der Waals surface area contributed by atoms with Crippen molar-refractivity contribution in [3.8, 4) is 0 Å². The molecular weight excluding hydrogens is 598 g/mol. The van der Waals surface area contributed by atoms with E-state index in [1.54, 1.807) is 0 Å². The minimum atomic E-state index is -1.25. The number of allylic oxidation sites excluding steroid dienone is 1. The van der Waals surface area contributed by atoms with E-state index in [4.69, 9.17) is 9.47 Å². The smallest absolute Gasteiger partial charge is 0.359 e. The van der Waals surface area contributed by atoms with Crippen molar-refractivity contribution >= 4 is 45.3 Å². The Kier molecular flexibility index (Phi) is 6.62. The Morgan fingerprint density at radius 1 is 0.951 bits per heavy atom. The van der Waals surface area contributed by atoms with Crippen LogP contribution in [0.5, 0.6) is 0 Å². The average Bonchev–Trinajstić information content (AvgIpc) is 3.24. The molecule has 12 heteroatoms. The number of imide groups is 1. The zero-order valence-corrected chi connectivity index (χ0v) is 22.7. The van der Waals surface area contributed by atoms with Gasteiger partial charge in [0.25, 0.3) is 23.4 Å². The molecule has 3 aliphatic heterocycles. The van der Waals surface area contributed by atoms with Crippen molar-refractivity contribution in [3.63, 3.8) is 0 Å². The number of nitro benzene ring substituents is 1. The third-order valence-electron chi connectivity index (χ3n) is 7.25. The minimum absolute atomic E-state index is 0.0338. The summed E-state index contributed by atoms with van der Waals surface area (Å²) in [6, 6.07) is 19.5. The van der Waals surface area contributed by atoms with Crippen molar-refractivity contribution < 1.29 is 33.6 Å². The Morgan fingerprint density at radius 3 is 2.15 bits per heavy atom. The second-order valence-corrected chi connectivity index (χ2v) is 10.1. The van der Waals surface area contributed by atoms with E-state index in [-0.39, 0.29) is 40.2 Å². The lowest BCUT2D eigenvalue weighted by Gasteiger charge is -2.51. The van der Waals surface area contributed by atoms with Gasteiger partial charge in [-0.3, -0.25) is 34.3 Å². The number of β-lactam (4-membered cyclic amide) rings is 1. The first-order valence-corrected chi connectivity index (χ1v) is 13.7. The summed E-state index contributed by atoms with van der Waals surface area (Å²) in [6.45, 7) is -0.0809. The third kappa shape index (κ3) is 4.27. The molecule has 1 fully saturated rings. The molecule has 0 bridgehead atoms. The molecule has 6 rings (SSSR count). The fourth-order valence-corrected chi connectivity index (χ4v) is 5.74. The van der Waals surface area contributed by atoms with E-state index in [2.05, 4.69) is 15.9 Å². The van der Waals surface area contributed by atoms with Crippen molar-refractivity contribution in [2.45, 2.75) is 18.2 Å². The molecule has 0 aromatic heterocycles. The lowest BCUT2D eigenvalue weighted by atomic mass is 9.91. The third-order valence-corrected chi connectivity index (χ3v) is 7.76. The van der Waals surface area contributed by atoms with Crippen LogP contribution in [0.15, 0.2) is 90.3 Å². The van der Waals surface area contributed by atoms with Gasteiger partial charge in [-0.2, -0.15) is 0 Å². The summed E-state index contributed by atoms with van der Waals surface area (Å²) in [5.41, 5.74) is 0.771. The number of nitrogens with zero attached hydrogens (tertiary/aromatic N) is 3. The molecule has 3 heterocycles. The lowest BCUT2D eigenvalue weighted by Crippen LogP contribution is -2.74. The van der Waals surface area contributed by atoms with Crippen molar-refractivity contribution in [3.05, 3.63) is 123 Å². The van der Waals surface area contributed by atoms with Crippen molar-refractivity contribution in [2.24, 2.45) is 0 Å². The number of non-ortho nitro benzene ring substituents is 1. The van der Waals surface area contributed by atoms with Crippen LogP contribution in [-0.2, 0) is 19.1 Å². The van der Waals surface area contributed by atoms with Gasteiger partial charge in [-0.15, -0.1) is 0 Å². The predicted molar refractivity (Wildman–Crippen MR) is 146 cm³/mol. The molecule has 0 spiro atoms. The molecule has 0 unspecified atom stereocenters. The van der Waals surface area contributed by atoms with E-state index in [0.717, 1.165) is 17.0 Å². The zero-order chi connectivity index (χ0) is 28.8. The monoisotopic (exact) mass is 617 g/mol. The summed E-state index contributed by atoms with van der Waals surface area (Å²) in [5, 5.41) is 11.3. The fraction of sp³-hybridized carbons (Fsp3) is 0.172. The number of halogens is 1. The van der Waals surface area contributed by atoms with Crippen LogP contribution in [0.2, 0.25) is 0 Å². The molecule has 11 nitrogen and oxygen atoms in total. The molecule has 0 N–H and O–H groups in total. The number of fused-ring (bicyclic) bond motifs is 2. The number of carbonyl (C=O) groups excluding carboxylic acids is 4. The number of benzene rings is 3. The van der Waals surface area contributed by atoms with Crippen LogP contribution in [0.4, 0.5) is 5.69 Å². The summed E-state index contributed by atoms with van der Waals surface area (Å²) in [6.07, 6.45) is -0.784. The SMILES string of the molecule is O=C(OC(c1ccccc1)c1ccccc1)C1=C(CBr)OC[C@@H]2[C@H](N3C(=O)c4ccc([N+](=O)[O-])cc4C3=O)C(=O)N12. The summed E-state index contributed by atoms with van der Waals surface area (Å²) in [4.78, 5) is 66.1. The molecule has 0 radical (unpaired) electrons. The van der Waals surface area contributed by atoms with Gasteiger partial charge in [0.05, 0.1) is 21.4 Å². The number of amides is 3. The highest BCUT2D eigenvalue weighted by Crippen LogP contribution is 2.40. The molecule has 3 aromatic rings. The molecule has 3 aromatic carbocycles. The fourth-order valence-electron chi connectivity index (χ4n) is 5.32. The Labute approximate surface area is 241 Å². The maximum atomic E-state index is 13.7. The molecule has 2 atom stereocenters. The molecule has 0 saturated carbocycles. The lowest BCUT2D eigenvalue weighted by molar-refractivity contribution is -0.384. The number of hydrogen-bond acceptors (Lipinski definition) is 8. The van der Waals surface area contributed by atoms with E-state index in [0.29, 0.717) is 11.1 Å². The molecular formula is C29H20BrN3O8. The van der Waals surface area contributed by atoms with Gasteiger partial charge >= 0.3 is 5.97 Å². The van der Waals surface area contributed by atoms with Crippen molar-refractivity contribution in [1.29, 1.82) is 0 Å². The van der Waals surface area contributed by atoms with E-state index in [1.807, 2.05) is 60.7 Å². The molecule has 41 heavy (non-hydrogen) atoms. The maximum Gasteiger partial charge on any atom is 0.359 e. The standard InChI is InChI=1S/C29H20BrN3O8/c30-14-22-24(29(37)41-25(16-7-3-1-4-8-16)17-9-5-2-6-10-17)31-21(15-40-22)23(28(31)36)32-26(34)19-12-11-18(33(38)39)13-20(19)27(32)35/h1-13,21,23,25H,14-15H2/t21-,23+/m1/s1. The van der Waals surface area contributed by atoms with Gasteiger partial charge in [0.2, 0.25) is 0 Å². The summed E-state index contributed by atoms with van der Waals surface area (Å²) in [7, 11) is 0. The van der Waals surface area contributed by atoms with Crippen LogP contribution in [0.1, 0.15) is 37.9 Å². The quantitative estimate of drug-likeness (QED) is 0.0976.